The summed E-state index contributed by atoms with van der Waals surface area (Å²) in [4.78, 5) is 12.0. The third kappa shape index (κ3) is 1.05. The zero-order valence-corrected chi connectivity index (χ0v) is 8.66. The first-order valence-electron chi connectivity index (χ1n) is 5.25. The number of hydrogen-bond donors (Lipinski definition) is 2. The van der Waals surface area contributed by atoms with E-state index in [2.05, 4.69) is 0 Å². The largest absolute Gasteiger partial charge is 0.506 e. The Hall–Kier alpha value is -2.03. The first-order valence-corrected chi connectivity index (χ1v) is 5.25. The Bertz CT molecular complexity index is 568. The normalized spacial score (nSPS) is 17.6. The minimum absolute atomic E-state index is 0.00347. The Balaban J connectivity index is 2.27. The lowest BCUT2D eigenvalue weighted by Gasteiger charge is -2.08. The van der Waals surface area contributed by atoms with Gasteiger partial charge in [0.05, 0.1) is 5.69 Å². The van der Waals surface area contributed by atoms with Crippen LogP contribution in [-0.2, 0) is 0 Å². The summed E-state index contributed by atoms with van der Waals surface area (Å²) in [5.41, 5.74) is 9.27. The summed E-state index contributed by atoms with van der Waals surface area (Å²) in [7, 11) is 0. The van der Waals surface area contributed by atoms with E-state index in [4.69, 9.17) is 5.73 Å². The van der Waals surface area contributed by atoms with Gasteiger partial charge in [0, 0.05) is 11.1 Å². The molecular weight excluding hydrogens is 202 g/mol. The summed E-state index contributed by atoms with van der Waals surface area (Å²) >= 11 is 0. The van der Waals surface area contributed by atoms with Crippen LogP contribution < -0.4 is 5.73 Å². The van der Waals surface area contributed by atoms with Crippen LogP contribution in [0, 0.1) is 0 Å². The SMILES string of the molecule is Nc1cc2c(cc1O)C(=O)C1=C2CCC=C1. The van der Waals surface area contributed by atoms with Crippen LogP contribution in [0.2, 0.25) is 0 Å². The van der Waals surface area contributed by atoms with Crippen molar-refractivity contribution in [3.8, 4) is 5.75 Å². The fourth-order valence-corrected chi connectivity index (χ4v) is 2.34. The van der Waals surface area contributed by atoms with Crippen molar-refractivity contribution < 1.29 is 9.90 Å². The zero-order chi connectivity index (χ0) is 11.3. The fourth-order valence-electron chi connectivity index (χ4n) is 2.34. The van der Waals surface area contributed by atoms with E-state index in [1.54, 1.807) is 6.07 Å². The van der Waals surface area contributed by atoms with Gasteiger partial charge in [0.1, 0.15) is 5.75 Å². The second-order valence-electron chi connectivity index (χ2n) is 4.12. The van der Waals surface area contributed by atoms with Gasteiger partial charge < -0.3 is 10.8 Å². The molecule has 2 aliphatic carbocycles. The van der Waals surface area contributed by atoms with E-state index in [9.17, 15) is 9.90 Å². The molecule has 0 spiro atoms. The van der Waals surface area contributed by atoms with Crippen LogP contribution in [0.25, 0.3) is 5.57 Å². The van der Waals surface area contributed by atoms with Gasteiger partial charge in [-0.3, -0.25) is 4.79 Å². The van der Waals surface area contributed by atoms with Crippen molar-refractivity contribution in [3.05, 3.63) is 41.0 Å². The highest BCUT2D eigenvalue weighted by molar-refractivity contribution is 6.23. The van der Waals surface area contributed by atoms with Crippen LogP contribution in [0.4, 0.5) is 5.69 Å². The number of anilines is 1. The molecule has 0 saturated carbocycles. The number of Topliss-reactive ketones (excluding diaryl/α,β-unsaturated/α-hetero) is 1. The van der Waals surface area contributed by atoms with Crippen LogP contribution in [0.1, 0.15) is 28.8 Å². The molecule has 0 heterocycles. The maximum atomic E-state index is 12.0. The monoisotopic (exact) mass is 213 g/mol. The lowest BCUT2D eigenvalue weighted by atomic mass is 9.96. The number of fused-ring (bicyclic) bond motifs is 2. The summed E-state index contributed by atoms with van der Waals surface area (Å²) in [6, 6.07) is 3.17. The van der Waals surface area contributed by atoms with Crippen molar-refractivity contribution in [2.45, 2.75) is 12.8 Å². The maximum Gasteiger partial charge on any atom is 0.194 e. The van der Waals surface area contributed by atoms with E-state index in [0.29, 0.717) is 11.3 Å². The molecule has 16 heavy (non-hydrogen) atoms. The predicted molar refractivity (Wildman–Crippen MR) is 62.1 cm³/mol. The maximum absolute atomic E-state index is 12.0. The molecule has 0 atom stereocenters. The van der Waals surface area contributed by atoms with Crippen molar-refractivity contribution >= 4 is 17.0 Å². The highest BCUT2D eigenvalue weighted by atomic mass is 16.3. The molecule has 0 aliphatic heterocycles. The van der Waals surface area contributed by atoms with Gasteiger partial charge in [0.25, 0.3) is 0 Å². The van der Waals surface area contributed by atoms with Crippen LogP contribution in [-0.4, -0.2) is 10.9 Å². The number of phenols is 1. The summed E-state index contributed by atoms with van der Waals surface area (Å²) < 4.78 is 0. The standard InChI is InChI=1S/C13H11NO2/c14-11-5-9-7-3-1-2-4-8(7)13(16)10(9)6-12(11)15/h2,4-6,15H,1,3,14H2. The van der Waals surface area contributed by atoms with Gasteiger partial charge in [-0.25, -0.2) is 0 Å². The number of aromatic hydroxyl groups is 1. The summed E-state index contributed by atoms with van der Waals surface area (Å²) in [6.07, 6.45) is 5.70. The molecule has 3 nitrogen and oxygen atoms in total. The number of carbonyl (C=O) groups is 1. The summed E-state index contributed by atoms with van der Waals surface area (Å²) in [6.45, 7) is 0. The molecule has 0 radical (unpaired) electrons. The van der Waals surface area contributed by atoms with Gasteiger partial charge in [0.2, 0.25) is 0 Å². The number of carbonyl (C=O) groups excluding carboxylic acids is 1. The predicted octanol–water partition coefficient (Wildman–Crippen LogP) is 2.27. The number of allylic oxidation sites excluding steroid dienone is 4. The molecule has 2 aliphatic rings. The molecule has 0 unspecified atom stereocenters. The number of nitrogens with two attached hydrogens (primary N) is 1. The van der Waals surface area contributed by atoms with Crippen molar-refractivity contribution in [2.24, 2.45) is 0 Å². The highest BCUT2D eigenvalue weighted by Crippen LogP contribution is 2.41. The number of nitrogen functional groups attached to an aromatic ring is 1. The molecule has 0 aromatic heterocycles. The highest BCUT2D eigenvalue weighted by Gasteiger charge is 2.29. The molecule has 3 rings (SSSR count). The molecule has 1 aromatic rings. The molecule has 3 N–H and O–H groups in total. The van der Waals surface area contributed by atoms with Gasteiger partial charge in [-0.15, -0.1) is 0 Å². The number of phenolic OH excluding ortho intramolecular Hbond substituents is 1. The number of ketones is 1. The van der Waals surface area contributed by atoms with Gasteiger partial charge in [-0.2, -0.15) is 0 Å². The Morgan fingerprint density at radius 2 is 2.06 bits per heavy atom. The van der Waals surface area contributed by atoms with E-state index in [1.165, 1.54) is 6.07 Å². The molecule has 0 saturated heterocycles. The number of benzene rings is 1. The average Bonchev–Trinajstić information content (AvgIpc) is 2.55. The van der Waals surface area contributed by atoms with E-state index >= 15 is 0 Å². The van der Waals surface area contributed by atoms with E-state index in [0.717, 1.165) is 29.6 Å². The second kappa shape index (κ2) is 2.98. The van der Waals surface area contributed by atoms with Gasteiger partial charge in [0.15, 0.2) is 5.78 Å². The Morgan fingerprint density at radius 3 is 2.88 bits per heavy atom. The Labute approximate surface area is 92.9 Å². The summed E-state index contributed by atoms with van der Waals surface area (Å²) in [5.74, 6) is -0.0211. The molecule has 1 aromatic carbocycles. The zero-order valence-electron chi connectivity index (χ0n) is 8.66. The molecule has 3 heteroatoms. The van der Waals surface area contributed by atoms with Crippen molar-refractivity contribution in [3.63, 3.8) is 0 Å². The fraction of sp³-hybridized carbons (Fsp3) is 0.154. The lowest BCUT2D eigenvalue weighted by Crippen LogP contribution is -1.98. The quantitative estimate of drug-likeness (QED) is 0.513. The molecule has 0 amide bonds. The van der Waals surface area contributed by atoms with Gasteiger partial charge in [-0.1, -0.05) is 12.2 Å². The topological polar surface area (TPSA) is 63.3 Å². The van der Waals surface area contributed by atoms with Crippen LogP contribution in [0.5, 0.6) is 5.75 Å². The Morgan fingerprint density at radius 1 is 1.25 bits per heavy atom. The van der Waals surface area contributed by atoms with Gasteiger partial charge >= 0.3 is 0 Å². The minimum atomic E-state index is -0.0177. The number of rotatable bonds is 0. The lowest BCUT2D eigenvalue weighted by molar-refractivity contribution is 0.104. The molecule has 80 valence electrons. The van der Waals surface area contributed by atoms with E-state index in [1.807, 2.05) is 12.2 Å². The van der Waals surface area contributed by atoms with Crippen LogP contribution in [0.3, 0.4) is 0 Å². The van der Waals surface area contributed by atoms with Crippen molar-refractivity contribution in [1.29, 1.82) is 0 Å². The number of hydrogen-bond acceptors (Lipinski definition) is 3. The van der Waals surface area contributed by atoms with E-state index < -0.39 is 0 Å². The second-order valence-corrected chi connectivity index (χ2v) is 4.12. The molecule has 0 bridgehead atoms. The Kier molecular flexibility index (Phi) is 1.72. The van der Waals surface area contributed by atoms with Crippen LogP contribution >= 0.6 is 0 Å². The minimum Gasteiger partial charge on any atom is -0.506 e. The van der Waals surface area contributed by atoms with Crippen LogP contribution in [0.15, 0.2) is 29.9 Å². The smallest absolute Gasteiger partial charge is 0.194 e. The van der Waals surface area contributed by atoms with Crippen molar-refractivity contribution in [1.82, 2.24) is 0 Å². The van der Waals surface area contributed by atoms with E-state index in [-0.39, 0.29) is 11.5 Å². The first-order chi connectivity index (χ1) is 7.68. The third-order valence-electron chi connectivity index (χ3n) is 3.15. The first kappa shape index (κ1) is 9.21. The average molecular weight is 213 g/mol. The van der Waals surface area contributed by atoms with Gasteiger partial charge in [-0.05, 0) is 36.1 Å². The summed E-state index contributed by atoms with van der Waals surface area (Å²) in [5, 5.41) is 9.52. The molecular formula is C13H11NO2. The van der Waals surface area contributed by atoms with Crippen molar-refractivity contribution in [2.75, 3.05) is 5.73 Å². The molecule has 0 fully saturated rings. The third-order valence-corrected chi connectivity index (χ3v) is 3.15.